The molecule has 410 valence electrons. The first kappa shape index (κ1) is 57.6. The van der Waals surface area contributed by atoms with Crippen molar-refractivity contribution in [1.82, 2.24) is 55.2 Å². The third-order valence-corrected chi connectivity index (χ3v) is 17.2. The molecule has 20 nitrogen and oxygen atoms in total. The number of nitrogens with one attached hydrogen (secondary N) is 7. The predicted octanol–water partition coefficient (Wildman–Crippen LogP) is 4.94. The normalized spacial score (nSPS) is 18.4. The number of carbonyl (C=O) groups is 2. The summed E-state index contributed by atoms with van der Waals surface area (Å²) in [6.07, 6.45) is 12.9. The number of aromatic nitrogens is 4. The van der Waals surface area contributed by atoms with E-state index in [4.69, 9.17) is 53.5 Å². The Kier molecular flexibility index (Phi) is 18.5. The molecule has 0 saturated carbocycles. The van der Waals surface area contributed by atoms with E-state index in [1.54, 1.807) is 44.8 Å². The number of likely N-dealkylation sites (tertiary alicyclic amines) is 2. The molecule has 10 rings (SSSR count). The molecule has 4 atom stereocenters. The van der Waals surface area contributed by atoms with Crippen molar-refractivity contribution in [2.45, 2.75) is 72.5 Å². The molecule has 4 aromatic heterocycles. The maximum absolute atomic E-state index is 14.7. The minimum Gasteiger partial charge on any atom is -0.371 e. The number of amides is 2. The van der Waals surface area contributed by atoms with Crippen LogP contribution in [0.25, 0.3) is 0 Å². The number of fused-ring (bicyclic) bond motifs is 4. The van der Waals surface area contributed by atoms with Gasteiger partial charge in [-0.25, -0.2) is 41.4 Å². The minimum absolute atomic E-state index is 0.0134. The number of carbonyl (C=O) groups excluding carboxylic acids is 2. The van der Waals surface area contributed by atoms with Crippen molar-refractivity contribution in [2.75, 3.05) is 38.0 Å². The number of nitrogen functional groups attached to an aromatic ring is 1. The van der Waals surface area contributed by atoms with E-state index in [1.165, 1.54) is 45.1 Å². The summed E-state index contributed by atoms with van der Waals surface area (Å²) >= 11 is 22.5. The Morgan fingerprint density at radius 2 is 1.17 bits per heavy atom. The summed E-state index contributed by atoms with van der Waals surface area (Å²) in [6, 6.07) is 14.4. The molecule has 6 aromatic rings. The molecule has 0 radical (unpaired) electrons. The van der Waals surface area contributed by atoms with Crippen molar-refractivity contribution in [3.8, 4) is 0 Å². The second kappa shape index (κ2) is 25.0. The van der Waals surface area contributed by atoms with Crippen molar-refractivity contribution in [3.63, 3.8) is 0 Å². The Labute approximate surface area is 469 Å². The van der Waals surface area contributed by atoms with Crippen molar-refractivity contribution < 1.29 is 35.2 Å². The van der Waals surface area contributed by atoms with Gasteiger partial charge in [-0.05, 0) is 121 Å². The average molecular weight is 1180 g/mol. The van der Waals surface area contributed by atoms with Crippen LogP contribution in [-0.4, -0.2) is 108 Å². The number of hydrogen-bond donors (Lipinski definition) is 8. The fourth-order valence-corrected chi connectivity index (χ4v) is 12.6. The molecule has 2 aromatic carbocycles. The zero-order valence-corrected chi connectivity index (χ0v) is 46.4. The highest BCUT2D eigenvalue weighted by Crippen LogP contribution is 2.35. The largest absolute Gasteiger partial charge is 0.371 e. The van der Waals surface area contributed by atoms with E-state index in [9.17, 15) is 35.2 Å². The van der Waals surface area contributed by atoms with E-state index in [-0.39, 0.29) is 66.1 Å². The van der Waals surface area contributed by atoms with E-state index in [2.05, 4.69) is 56.3 Å². The minimum atomic E-state index is -4.02. The second-order valence-electron chi connectivity index (χ2n) is 18.2. The molecule has 78 heavy (non-hydrogen) atoms. The highest BCUT2D eigenvalue weighted by atomic mass is 35.5. The van der Waals surface area contributed by atoms with Gasteiger partial charge in [0.1, 0.15) is 33.5 Å². The third-order valence-electron chi connectivity index (χ3n) is 13.4. The van der Waals surface area contributed by atoms with Gasteiger partial charge in [0.05, 0.1) is 27.6 Å². The van der Waals surface area contributed by atoms with E-state index in [0.717, 1.165) is 52.2 Å². The Hall–Kier alpha value is -6.62. The third kappa shape index (κ3) is 13.1. The smallest absolute Gasteiger partial charge is 0.242 e. The first-order valence-corrected chi connectivity index (χ1v) is 28.6. The molecule has 2 fully saturated rings. The highest BCUT2D eigenvalue weighted by molar-refractivity contribution is 7.89. The summed E-state index contributed by atoms with van der Waals surface area (Å²) in [5, 5.41) is 6.62. The molecule has 9 N–H and O–H groups in total. The van der Waals surface area contributed by atoms with Crippen molar-refractivity contribution in [2.24, 2.45) is 5.84 Å². The predicted molar refractivity (Wildman–Crippen MR) is 298 cm³/mol. The molecule has 6 heterocycles. The lowest BCUT2D eigenvalue weighted by molar-refractivity contribution is -0.128. The number of halogens is 4. The molecule has 0 bridgehead atoms. The number of thiocarbonyl (C=S) groups is 2. The lowest BCUT2D eigenvalue weighted by Crippen LogP contribution is -2.41. The summed E-state index contributed by atoms with van der Waals surface area (Å²) in [5.74, 6) is 4.49. The first-order chi connectivity index (χ1) is 37.3. The van der Waals surface area contributed by atoms with Gasteiger partial charge in [0.15, 0.2) is 16.7 Å². The SMILES string of the molecule is CN1CC[C@@H](NS(=O)(=O)c2cnc(NN)c(Cl)c2)C1=O.CN1CC[C@@H](NS(=O)(=O)c2cnc(NNC(=S)NC3c4cnccc4CCc4c(F)cccc43)c(Cl)c2)C1=O.Fc1cccc2c1CCc1ccncc1C2NC=S. The Bertz CT molecular complexity index is 3500. The number of anilines is 2. The van der Waals surface area contributed by atoms with Crippen molar-refractivity contribution in [1.29, 1.82) is 0 Å². The Balaban J connectivity index is 0.000000172. The summed E-state index contributed by atoms with van der Waals surface area (Å²) in [6.45, 7) is 0.984. The first-order valence-electron chi connectivity index (χ1n) is 24.0. The topological polar surface area (TPSA) is 271 Å². The van der Waals surface area contributed by atoms with Crippen LogP contribution in [-0.2, 0) is 55.3 Å². The van der Waals surface area contributed by atoms with Gasteiger partial charge in [-0.1, -0.05) is 59.7 Å². The summed E-state index contributed by atoms with van der Waals surface area (Å²) in [5.41, 5.74) is 16.6. The molecule has 2 unspecified atom stereocenters. The molecular formula is C50H52Cl2F2N14O6S4. The van der Waals surface area contributed by atoms with Crippen LogP contribution in [0, 0.1) is 11.6 Å². The van der Waals surface area contributed by atoms with Gasteiger partial charge in [-0.2, -0.15) is 9.44 Å². The number of hydrazine groups is 2. The zero-order valence-electron chi connectivity index (χ0n) is 41.6. The summed E-state index contributed by atoms with van der Waals surface area (Å²) in [4.78, 5) is 42.8. The van der Waals surface area contributed by atoms with Crippen LogP contribution in [0.1, 0.15) is 69.4 Å². The molecule has 2 aliphatic heterocycles. The number of rotatable bonds is 12. The number of aryl methyl sites for hydroxylation is 2. The maximum atomic E-state index is 14.7. The fraction of sp³-hybridized carbons (Fsp3) is 0.280. The lowest BCUT2D eigenvalue weighted by Gasteiger charge is -2.23. The second-order valence-corrected chi connectivity index (χ2v) is 23.1. The standard InChI is InChI=1S/C25H25ClFN7O3S2.C15H13FN2S.C10H14ClN5O3S/c1-34-10-8-21(24(34)35)33-39(36,37)15-11-19(26)23(29-12-15)31-32-25(38)30-22-17-3-2-4-20(27)16(17)6-5-14-7-9-28-13-18(14)22;16-14-3-1-2-12-11(14)5-4-10-6-7-17-8-13(10)15(12)18-9-19;1-16-3-2-8(10(16)17)15-20(18,19)6-4-7(11)9(14-12)13-5-6/h2-4,7,9,11-13,21-22,33H,5-6,8,10H2,1H3,(H,29,31)(H2,30,32,38);1-3,6-9,15H,4-5H2,(H,18,19);4-5,8,15H,2-3,12H2,1H3,(H,13,14)/t21-,22?;;8-/m1.1/s1. The van der Waals surface area contributed by atoms with Crippen LogP contribution in [0.2, 0.25) is 10.0 Å². The number of likely N-dealkylation sites (N-methyl/N-ethyl adjacent to an activating group) is 2. The van der Waals surface area contributed by atoms with Crippen LogP contribution in [0.5, 0.6) is 0 Å². The lowest BCUT2D eigenvalue weighted by atomic mass is 9.96. The van der Waals surface area contributed by atoms with Crippen LogP contribution in [0.3, 0.4) is 0 Å². The molecule has 28 heteroatoms. The molecule has 0 spiro atoms. The maximum Gasteiger partial charge on any atom is 0.242 e. The average Bonchev–Trinajstić information content (AvgIpc) is 3.83. The van der Waals surface area contributed by atoms with Crippen LogP contribution in [0.4, 0.5) is 20.4 Å². The number of nitrogens with zero attached hydrogens (tertiary/aromatic N) is 6. The quantitative estimate of drug-likeness (QED) is 0.0458. The van der Waals surface area contributed by atoms with Gasteiger partial charge in [0.25, 0.3) is 0 Å². The molecule has 2 amide bonds. The highest BCUT2D eigenvalue weighted by Gasteiger charge is 2.35. The van der Waals surface area contributed by atoms with Gasteiger partial charge < -0.3 is 25.9 Å². The van der Waals surface area contributed by atoms with Gasteiger partial charge in [-0.15, -0.1) is 0 Å². The number of hydrogen-bond acceptors (Lipinski definition) is 15. The van der Waals surface area contributed by atoms with Crippen LogP contribution in [0.15, 0.2) is 108 Å². The molecule has 2 saturated heterocycles. The van der Waals surface area contributed by atoms with E-state index >= 15 is 0 Å². The summed E-state index contributed by atoms with van der Waals surface area (Å²) in [7, 11) is -4.64. The van der Waals surface area contributed by atoms with Gasteiger partial charge >= 0.3 is 0 Å². The number of sulfonamides is 2. The van der Waals surface area contributed by atoms with Gasteiger partial charge in [0, 0.05) is 75.5 Å². The Morgan fingerprint density at radius 1 is 0.692 bits per heavy atom. The van der Waals surface area contributed by atoms with E-state index in [1.807, 2.05) is 30.5 Å². The number of benzene rings is 2. The van der Waals surface area contributed by atoms with Crippen LogP contribution < -0.4 is 42.2 Å². The summed E-state index contributed by atoms with van der Waals surface area (Å²) < 4.78 is 83.3. The monoisotopic (exact) mass is 1180 g/mol. The van der Waals surface area contributed by atoms with E-state index in [0.29, 0.717) is 50.8 Å². The van der Waals surface area contributed by atoms with Crippen LogP contribution >= 0.6 is 47.6 Å². The van der Waals surface area contributed by atoms with Gasteiger partial charge in [0.2, 0.25) is 31.9 Å². The van der Waals surface area contributed by atoms with Crippen molar-refractivity contribution >= 4 is 102 Å². The number of nitrogens with two attached hydrogens (primary N) is 1. The van der Waals surface area contributed by atoms with Crippen molar-refractivity contribution in [3.05, 3.63) is 164 Å². The molecular weight excluding hydrogens is 1130 g/mol. The van der Waals surface area contributed by atoms with E-state index < -0.39 is 38.2 Å². The Morgan fingerprint density at radius 3 is 1.62 bits per heavy atom. The molecule has 2 aliphatic carbocycles. The zero-order chi connectivity index (χ0) is 55.9. The van der Waals surface area contributed by atoms with Gasteiger partial charge in [-0.3, -0.25) is 30.4 Å². The fourth-order valence-electron chi connectivity index (χ4n) is 9.31. The molecule has 4 aliphatic rings. The number of pyridine rings is 4.